The topological polar surface area (TPSA) is 180 Å². The second-order valence-corrected chi connectivity index (χ2v) is 8.50. The molecule has 0 bridgehead atoms. The Labute approximate surface area is 236 Å². The number of halogens is 3. The third-order valence-corrected chi connectivity index (χ3v) is 5.08. The number of carboxylic acid groups (broad SMARTS) is 1. The summed E-state index contributed by atoms with van der Waals surface area (Å²) in [5.41, 5.74) is 8.32. The number of aryl methyl sites for hydroxylation is 3. The third kappa shape index (κ3) is 9.22. The largest absolute Gasteiger partial charge is 0.573 e. The van der Waals surface area contributed by atoms with Gasteiger partial charge in [-0.2, -0.15) is 4.98 Å². The fourth-order valence-corrected chi connectivity index (χ4v) is 3.08. The summed E-state index contributed by atoms with van der Waals surface area (Å²) in [7, 11) is 3.52. The summed E-state index contributed by atoms with van der Waals surface area (Å²) in [5.74, 6) is -0.685. The molecule has 0 aliphatic rings. The first-order valence-electron chi connectivity index (χ1n) is 11.8. The number of alkyl halides is 3. The smallest absolute Gasteiger partial charge is 0.476 e. The van der Waals surface area contributed by atoms with Gasteiger partial charge in [0.25, 0.3) is 5.89 Å². The molecular weight excluding hydrogens is 561 g/mol. The van der Waals surface area contributed by atoms with Crippen molar-refractivity contribution in [3.63, 3.8) is 0 Å². The maximum absolute atomic E-state index is 12.1. The molecule has 0 radical (unpaired) electrons. The van der Waals surface area contributed by atoms with Gasteiger partial charge in [0.05, 0.1) is 12.7 Å². The molecule has 0 aliphatic carbocycles. The number of ether oxygens (including phenoxy) is 1. The molecule has 2 aromatic carbocycles. The SMILES string of the molecule is Cc1ccc(C(N)=NO)cc1.Cn1cnc(-c2nc(-c3ccc(OC(F)(F)F)cc3)no2)c1.Cn1cnc(C(=O)O)c1. The summed E-state index contributed by atoms with van der Waals surface area (Å²) in [6.45, 7) is 1.98. The quantitative estimate of drug-likeness (QED) is 0.117. The van der Waals surface area contributed by atoms with Crippen LogP contribution in [0.15, 0.2) is 83.3 Å². The molecule has 0 amide bonds. The Morgan fingerprint density at radius 3 is 2.10 bits per heavy atom. The molecule has 16 heteroatoms. The van der Waals surface area contributed by atoms with Gasteiger partial charge in [0, 0.05) is 37.6 Å². The van der Waals surface area contributed by atoms with Crippen molar-refractivity contribution in [2.45, 2.75) is 13.3 Å². The predicted molar refractivity (Wildman–Crippen MR) is 142 cm³/mol. The lowest BCUT2D eigenvalue weighted by atomic mass is 10.1. The Hall–Kier alpha value is -5.67. The maximum atomic E-state index is 12.1. The van der Waals surface area contributed by atoms with E-state index in [1.165, 1.54) is 36.8 Å². The molecule has 0 spiro atoms. The highest BCUT2D eigenvalue weighted by atomic mass is 19.4. The van der Waals surface area contributed by atoms with Crippen LogP contribution in [0, 0.1) is 6.92 Å². The number of oxime groups is 1. The minimum absolute atomic E-state index is 0.0810. The van der Waals surface area contributed by atoms with E-state index in [0.29, 0.717) is 11.3 Å². The predicted octanol–water partition coefficient (Wildman–Crippen LogP) is 4.24. The molecule has 4 N–H and O–H groups in total. The number of imidazole rings is 2. The van der Waals surface area contributed by atoms with E-state index in [0.717, 1.165) is 11.1 Å². The number of carbonyl (C=O) groups is 1. The number of nitrogens with two attached hydrogens (primary N) is 1. The van der Waals surface area contributed by atoms with Gasteiger partial charge in [-0.3, -0.25) is 0 Å². The summed E-state index contributed by atoms with van der Waals surface area (Å²) in [6, 6.07) is 12.6. The summed E-state index contributed by atoms with van der Waals surface area (Å²) < 4.78 is 48.4. The van der Waals surface area contributed by atoms with Crippen LogP contribution in [0.4, 0.5) is 13.2 Å². The summed E-state index contributed by atoms with van der Waals surface area (Å²) in [6.07, 6.45) is 1.46. The first-order chi connectivity index (χ1) is 19.8. The first-order valence-corrected chi connectivity index (χ1v) is 11.8. The average molecular weight is 587 g/mol. The van der Waals surface area contributed by atoms with Crippen LogP contribution in [0.5, 0.6) is 5.75 Å². The normalized spacial score (nSPS) is 11.1. The zero-order valence-electron chi connectivity index (χ0n) is 22.4. The van der Waals surface area contributed by atoms with Crippen LogP contribution >= 0.6 is 0 Å². The third-order valence-electron chi connectivity index (χ3n) is 5.08. The first kappa shape index (κ1) is 30.9. The van der Waals surface area contributed by atoms with E-state index in [1.807, 2.05) is 31.2 Å². The molecule has 0 saturated heterocycles. The van der Waals surface area contributed by atoms with Crippen LogP contribution in [-0.2, 0) is 14.1 Å². The Bertz CT molecular complexity index is 1620. The van der Waals surface area contributed by atoms with Gasteiger partial charge in [0.2, 0.25) is 5.82 Å². The van der Waals surface area contributed by atoms with Gasteiger partial charge in [-0.25, -0.2) is 14.8 Å². The molecule has 3 aromatic heterocycles. The van der Waals surface area contributed by atoms with Gasteiger partial charge in [0.1, 0.15) is 11.4 Å². The number of nitrogens with zero attached hydrogens (tertiary/aromatic N) is 7. The Morgan fingerprint density at radius 2 is 1.62 bits per heavy atom. The van der Waals surface area contributed by atoms with E-state index in [2.05, 4.69) is 30.0 Å². The van der Waals surface area contributed by atoms with Crippen molar-refractivity contribution in [3.8, 4) is 28.7 Å². The monoisotopic (exact) mass is 586 g/mol. The highest BCUT2D eigenvalue weighted by Crippen LogP contribution is 2.26. The summed E-state index contributed by atoms with van der Waals surface area (Å²) in [5, 5.41) is 23.3. The fraction of sp³-hybridized carbons (Fsp3) is 0.154. The van der Waals surface area contributed by atoms with Gasteiger partial charge in [0.15, 0.2) is 11.5 Å². The highest BCUT2D eigenvalue weighted by Gasteiger charge is 2.31. The van der Waals surface area contributed by atoms with E-state index in [1.54, 1.807) is 35.8 Å². The number of carboxylic acids is 1. The number of hydrogen-bond donors (Lipinski definition) is 3. The number of hydrogen-bond acceptors (Lipinski definition) is 9. The number of aromatic carboxylic acids is 1. The summed E-state index contributed by atoms with van der Waals surface area (Å²) >= 11 is 0. The van der Waals surface area contributed by atoms with Crippen molar-refractivity contribution in [1.82, 2.24) is 29.2 Å². The second-order valence-electron chi connectivity index (χ2n) is 8.50. The number of rotatable bonds is 5. The van der Waals surface area contributed by atoms with Crippen molar-refractivity contribution < 1.29 is 37.5 Å². The number of benzene rings is 2. The van der Waals surface area contributed by atoms with E-state index in [-0.39, 0.29) is 29.0 Å². The fourth-order valence-electron chi connectivity index (χ4n) is 3.08. The molecule has 42 heavy (non-hydrogen) atoms. The number of amidine groups is 1. The van der Waals surface area contributed by atoms with Gasteiger partial charge in [-0.05, 0) is 31.2 Å². The van der Waals surface area contributed by atoms with Crippen LogP contribution < -0.4 is 10.5 Å². The lowest BCUT2D eigenvalue weighted by Gasteiger charge is -2.08. The Balaban J connectivity index is 0.000000201. The van der Waals surface area contributed by atoms with Crippen molar-refractivity contribution in [2.75, 3.05) is 0 Å². The zero-order valence-corrected chi connectivity index (χ0v) is 22.4. The van der Waals surface area contributed by atoms with E-state index < -0.39 is 12.3 Å². The van der Waals surface area contributed by atoms with Crippen LogP contribution in [0.2, 0.25) is 0 Å². The molecule has 220 valence electrons. The van der Waals surface area contributed by atoms with Gasteiger partial charge >= 0.3 is 12.3 Å². The van der Waals surface area contributed by atoms with Gasteiger partial charge in [-0.1, -0.05) is 40.1 Å². The zero-order chi connectivity index (χ0) is 30.9. The minimum Gasteiger partial charge on any atom is -0.476 e. The van der Waals surface area contributed by atoms with Crippen molar-refractivity contribution >= 4 is 11.8 Å². The highest BCUT2D eigenvalue weighted by molar-refractivity contribution is 5.96. The van der Waals surface area contributed by atoms with E-state index in [9.17, 15) is 18.0 Å². The van der Waals surface area contributed by atoms with Crippen LogP contribution in [0.3, 0.4) is 0 Å². The van der Waals surface area contributed by atoms with Crippen molar-refractivity contribution in [1.29, 1.82) is 0 Å². The van der Waals surface area contributed by atoms with E-state index in [4.69, 9.17) is 20.6 Å². The molecule has 5 aromatic rings. The second kappa shape index (κ2) is 13.6. The van der Waals surface area contributed by atoms with Crippen LogP contribution in [0.1, 0.15) is 21.6 Å². The molecule has 3 heterocycles. The molecule has 0 unspecified atom stereocenters. The van der Waals surface area contributed by atoms with Crippen LogP contribution in [-0.4, -0.2) is 57.7 Å². The molecule has 0 atom stereocenters. The lowest BCUT2D eigenvalue weighted by Crippen LogP contribution is -2.16. The number of aromatic nitrogens is 6. The maximum Gasteiger partial charge on any atom is 0.573 e. The summed E-state index contributed by atoms with van der Waals surface area (Å²) in [4.78, 5) is 21.9. The molecule has 13 nitrogen and oxygen atoms in total. The molecule has 0 saturated carbocycles. The standard InChI is InChI=1S/C13H9F3N4O2.C8H10N2O.C5H6N2O2/c1-20-6-10(17-7-20)12-18-11(19-22-12)8-2-4-9(5-3-8)21-13(14,15)16;1-6-2-4-7(5-3-6)8(9)10-11;1-7-2-4(5(8)9)6-3-7/h2-7H,1H3;2-5,11H,1H3,(H2,9,10);2-3H,1H3,(H,8,9). The lowest BCUT2D eigenvalue weighted by molar-refractivity contribution is -0.274. The van der Waals surface area contributed by atoms with Crippen molar-refractivity contribution in [2.24, 2.45) is 25.0 Å². The molecular formula is C26H25F3N8O5. The van der Waals surface area contributed by atoms with Gasteiger partial charge in [-0.15, -0.1) is 13.2 Å². The Morgan fingerprint density at radius 1 is 1.00 bits per heavy atom. The van der Waals surface area contributed by atoms with Crippen LogP contribution in [0.25, 0.3) is 23.0 Å². The minimum atomic E-state index is -4.72. The van der Waals surface area contributed by atoms with E-state index >= 15 is 0 Å². The molecule has 0 aliphatic heterocycles. The molecule has 5 rings (SSSR count). The Kier molecular flexibility index (Phi) is 10.00. The molecule has 0 fully saturated rings. The average Bonchev–Trinajstić information content (AvgIpc) is 3.70. The van der Waals surface area contributed by atoms with Gasteiger partial charge < -0.3 is 34.4 Å². The van der Waals surface area contributed by atoms with Crippen molar-refractivity contribution in [3.05, 3.63) is 90.4 Å².